The number of benzene rings is 1. The Morgan fingerprint density at radius 2 is 1.92 bits per heavy atom. The van der Waals surface area contributed by atoms with E-state index >= 15 is 0 Å². The highest BCUT2D eigenvalue weighted by molar-refractivity contribution is 5.98. The molecule has 8 heteroatoms. The molecule has 4 unspecified atom stereocenters. The van der Waals surface area contributed by atoms with Gasteiger partial charge in [0.1, 0.15) is 0 Å². The predicted octanol–water partition coefficient (Wildman–Crippen LogP) is 4.13. The lowest BCUT2D eigenvalue weighted by Crippen LogP contribution is -2.58. The summed E-state index contributed by atoms with van der Waals surface area (Å²) < 4.78 is 0. The summed E-state index contributed by atoms with van der Waals surface area (Å²) in [6.45, 7) is 6.81. The fraction of sp³-hybridized carbons (Fsp3) is 0.643. The second kappa shape index (κ2) is 7.24. The number of aromatic amines is 1. The molecule has 0 spiro atoms. The van der Waals surface area contributed by atoms with Gasteiger partial charge in [0.25, 0.3) is 5.91 Å². The first-order valence-corrected chi connectivity index (χ1v) is 13.4. The number of carbonyl (C=O) groups excluding carboxylic acids is 2. The fourth-order valence-electron chi connectivity index (χ4n) is 9.58. The van der Waals surface area contributed by atoms with Gasteiger partial charge in [-0.1, -0.05) is 13.8 Å². The molecule has 8 nitrogen and oxygen atoms in total. The van der Waals surface area contributed by atoms with E-state index in [-0.39, 0.29) is 34.1 Å². The monoisotopic (exact) mass is 486 g/mol. The SMILES string of the molecule is CC12CC3CC(C)(C1)CC(C(=O)Nc1ccc4nc(C(=O)N5CCC6CN(C#N)CC65)[nH]c4c1)(C3)C2. The van der Waals surface area contributed by atoms with Crippen LogP contribution in [0.15, 0.2) is 18.2 Å². The number of fused-ring (bicyclic) bond motifs is 2. The summed E-state index contributed by atoms with van der Waals surface area (Å²) in [5, 5.41) is 12.5. The highest BCUT2D eigenvalue weighted by atomic mass is 16.2. The summed E-state index contributed by atoms with van der Waals surface area (Å²) >= 11 is 0. The molecule has 2 N–H and O–H groups in total. The van der Waals surface area contributed by atoms with Crippen molar-refractivity contribution in [2.75, 3.05) is 25.0 Å². The Kier molecular flexibility index (Phi) is 4.45. The van der Waals surface area contributed by atoms with Gasteiger partial charge < -0.3 is 20.1 Å². The van der Waals surface area contributed by atoms with Crippen molar-refractivity contribution in [2.45, 2.75) is 64.8 Å². The van der Waals surface area contributed by atoms with E-state index in [0.717, 1.165) is 43.4 Å². The first-order valence-electron chi connectivity index (χ1n) is 13.4. The van der Waals surface area contributed by atoms with Crippen molar-refractivity contribution in [3.05, 3.63) is 24.0 Å². The number of aromatic nitrogens is 2. The molecule has 2 aromatic rings. The van der Waals surface area contributed by atoms with Gasteiger partial charge in [0, 0.05) is 31.2 Å². The summed E-state index contributed by atoms with van der Waals surface area (Å²) in [5.74, 6) is 1.39. The molecule has 4 bridgehead atoms. The third-order valence-electron chi connectivity index (χ3n) is 10.0. The average molecular weight is 487 g/mol. The zero-order valence-corrected chi connectivity index (χ0v) is 21.1. The number of rotatable bonds is 3. The van der Waals surface area contributed by atoms with E-state index < -0.39 is 0 Å². The van der Waals surface area contributed by atoms with Gasteiger partial charge in [0.15, 0.2) is 12.0 Å². The van der Waals surface area contributed by atoms with Crippen LogP contribution in [0.2, 0.25) is 0 Å². The van der Waals surface area contributed by atoms with Crippen LogP contribution in [0.3, 0.4) is 0 Å². The summed E-state index contributed by atoms with van der Waals surface area (Å²) in [6.07, 6.45) is 9.91. The Bertz CT molecular complexity index is 1310. The first-order chi connectivity index (χ1) is 17.2. The van der Waals surface area contributed by atoms with Gasteiger partial charge in [0.05, 0.1) is 22.5 Å². The zero-order valence-electron chi connectivity index (χ0n) is 21.1. The number of hydrogen-bond donors (Lipinski definition) is 2. The molecule has 8 rings (SSSR count). The van der Waals surface area contributed by atoms with Gasteiger partial charge in [-0.2, -0.15) is 5.26 Å². The molecule has 3 heterocycles. The Balaban J connectivity index is 1.10. The third kappa shape index (κ3) is 3.28. The Morgan fingerprint density at radius 1 is 1.14 bits per heavy atom. The van der Waals surface area contributed by atoms with E-state index in [0.29, 0.717) is 36.3 Å². The zero-order chi connectivity index (χ0) is 24.9. The van der Waals surface area contributed by atoms with Crippen molar-refractivity contribution < 1.29 is 9.59 Å². The average Bonchev–Trinajstić information content (AvgIpc) is 3.49. The molecule has 36 heavy (non-hydrogen) atoms. The molecular weight excluding hydrogens is 452 g/mol. The van der Waals surface area contributed by atoms with Crippen molar-refractivity contribution >= 4 is 28.5 Å². The summed E-state index contributed by atoms with van der Waals surface area (Å²) in [7, 11) is 0. The maximum Gasteiger partial charge on any atom is 0.290 e. The number of amides is 2. The van der Waals surface area contributed by atoms with Crippen LogP contribution in [-0.2, 0) is 4.79 Å². The number of H-pyrrole nitrogens is 1. The van der Waals surface area contributed by atoms with Crippen LogP contribution in [-0.4, -0.2) is 57.3 Å². The fourth-order valence-corrected chi connectivity index (χ4v) is 9.58. The molecule has 6 fully saturated rings. The predicted molar refractivity (Wildman–Crippen MR) is 135 cm³/mol. The minimum absolute atomic E-state index is 0.0733. The topological polar surface area (TPSA) is 105 Å². The molecule has 2 saturated heterocycles. The number of likely N-dealkylation sites (tertiary alicyclic amines) is 2. The highest BCUT2D eigenvalue weighted by Gasteiger charge is 2.62. The van der Waals surface area contributed by atoms with E-state index in [1.807, 2.05) is 23.1 Å². The molecule has 1 aromatic carbocycles. The van der Waals surface area contributed by atoms with Crippen LogP contribution in [0.4, 0.5) is 5.69 Å². The smallest absolute Gasteiger partial charge is 0.290 e. The molecule has 2 amide bonds. The molecular formula is C28H34N6O2. The van der Waals surface area contributed by atoms with Gasteiger partial charge in [-0.25, -0.2) is 4.98 Å². The van der Waals surface area contributed by atoms with Crippen LogP contribution in [0, 0.1) is 39.5 Å². The highest BCUT2D eigenvalue weighted by Crippen LogP contribution is 2.69. The van der Waals surface area contributed by atoms with Gasteiger partial charge in [0.2, 0.25) is 5.91 Å². The van der Waals surface area contributed by atoms with Crippen LogP contribution in [0.1, 0.15) is 69.4 Å². The second-order valence-corrected chi connectivity index (χ2v) is 13.3. The summed E-state index contributed by atoms with van der Waals surface area (Å²) in [4.78, 5) is 38.4. The van der Waals surface area contributed by atoms with Crippen molar-refractivity contribution in [1.29, 1.82) is 5.26 Å². The van der Waals surface area contributed by atoms with Crippen LogP contribution in [0.5, 0.6) is 0 Å². The molecule has 4 aliphatic carbocycles. The Morgan fingerprint density at radius 3 is 2.64 bits per heavy atom. The Hall–Kier alpha value is -3.08. The minimum atomic E-state index is -0.266. The maximum atomic E-state index is 13.7. The maximum absolute atomic E-state index is 13.7. The van der Waals surface area contributed by atoms with Crippen LogP contribution in [0.25, 0.3) is 11.0 Å². The molecule has 0 radical (unpaired) electrons. The lowest BCUT2D eigenvalue weighted by atomic mass is 9.40. The lowest BCUT2D eigenvalue weighted by molar-refractivity contribution is -0.165. The number of nitrogens with zero attached hydrogens (tertiary/aromatic N) is 4. The summed E-state index contributed by atoms with van der Waals surface area (Å²) in [5.41, 5.74) is 2.52. The number of anilines is 1. The number of nitriles is 1. The second-order valence-electron chi connectivity index (χ2n) is 13.3. The van der Waals surface area contributed by atoms with E-state index in [1.54, 1.807) is 4.90 Å². The van der Waals surface area contributed by atoms with Gasteiger partial charge >= 0.3 is 0 Å². The number of carbonyl (C=O) groups is 2. The van der Waals surface area contributed by atoms with Gasteiger partial charge in [-0.05, 0) is 79.9 Å². The molecule has 4 saturated carbocycles. The van der Waals surface area contributed by atoms with E-state index in [2.05, 4.69) is 35.3 Å². The van der Waals surface area contributed by atoms with E-state index in [1.165, 1.54) is 19.3 Å². The molecule has 4 atom stereocenters. The quantitative estimate of drug-likeness (QED) is 0.635. The van der Waals surface area contributed by atoms with Crippen molar-refractivity contribution in [3.8, 4) is 6.19 Å². The number of imidazole rings is 1. The van der Waals surface area contributed by atoms with Crippen molar-refractivity contribution in [3.63, 3.8) is 0 Å². The normalized spacial score (nSPS) is 38.4. The lowest BCUT2D eigenvalue weighted by Gasteiger charge is -2.64. The molecule has 1 aromatic heterocycles. The summed E-state index contributed by atoms with van der Waals surface area (Å²) in [6, 6.07) is 5.75. The number of nitrogens with one attached hydrogen (secondary N) is 2. The van der Waals surface area contributed by atoms with E-state index in [4.69, 9.17) is 0 Å². The third-order valence-corrected chi connectivity index (χ3v) is 10.0. The largest absolute Gasteiger partial charge is 0.334 e. The standard InChI is InChI=1S/C28H34N6O2/c1-26-8-17-9-27(2,13-26)15-28(10-17,14-26)25(36)30-19-3-4-20-21(7-19)32-23(31-20)24(35)34-6-5-18-11-33(16-29)12-22(18)34/h3-4,7,17-18,22H,5-6,8-15H2,1-2H3,(H,30,36)(H,31,32). The molecule has 2 aliphatic heterocycles. The van der Waals surface area contributed by atoms with Gasteiger partial charge in [-0.3, -0.25) is 9.59 Å². The van der Waals surface area contributed by atoms with Crippen LogP contribution >= 0.6 is 0 Å². The molecule has 6 aliphatic rings. The first kappa shape index (κ1) is 22.1. The van der Waals surface area contributed by atoms with E-state index in [9.17, 15) is 14.9 Å². The van der Waals surface area contributed by atoms with Crippen molar-refractivity contribution in [1.82, 2.24) is 19.8 Å². The van der Waals surface area contributed by atoms with Crippen molar-refractivity contribution in [2.24, 2.45) is 28.1 Å². The van der Waals surface area contributed by atoms with Gasteiger partial charge in [-0.15, -0.1) is 0 Å². The minimum Gasteiger partial charge on any atom is -0.334 e. The van der Waals surface area contributed by atoms with Crippen LogP contribution < -0.4 is 5.32 Å². The molecule has 188 valence electrons. The Labute approximate surface area is 211 Å². The number of hydrogen-bond acceptors (Lipinski definition) is 5.